The molecule has 0 amide bonds. The summed E-state index contributed by atoms with van der Waals surface area (Å²) in [6.45, 7) is 2.06. The van der Waals surface area contributed by atoms with Crippen LogP contribution < -0.4 is 14.8 Å². The molecule has 7 nitrogen and oxygen atoms in total. The van der Waals surface area contributed by atoms with Crippen LogP contribution in [0.15, 0.2) is 18.2 Å². The van der Waals surface area contributed by atoms with Crippen molar-refractivity contribution in [1.29, 1.82) is 0 Å². The van der Waals surface area contributed by atoms with E-state index in [0.717, 1.165) is 23.5 Å². The summed E-state index contributed by atoms with van der Waals surface area (Å²) in [6, 6.07) is 5.68. The van der Waals surface area contributed by atoms with Gasteiger partial charge < -0.3 is 24.4 Å². The number of ether oxygens (including phenoxy) is 3. The lowest BCUT2D eigenvalue weighted by Gasteiger charge is -2.31. The molecule has 2 heterocycles. The van der Waals surface area contributed by atoms with Crippen LogP contribution in [0.5, 0.6) is 11.5 Å². The van der Waals surface area contributed by atoms with Crippen molar-refractivity contribution in [2.45, 2.75) is 25.4 Å². The van der Waals surface area contributed by atoms with Gasteiger partial charge in [0, 0.05) is 32.8 Å². The maximum atomic E-state index is 11.8. The molecule has 0 aliphatic carbocycles. The predicted molar refractivity (Wildman–Crippen MR) is 102 cm³/mol. The van der Waals surface area contributed by atoms with E-state index in [0.29, 0.717) is 31.2 Å². The van der Waals surface area contributed by atoms with Crippen LogP contribution in [-0.4, -0.2) is 63.0 Å². The minimum Gasteiger partial charge on any atom is -0.454 e. The molecule has 2 aliphatic heterocycles. The number of hydrogen-bond donors (Lipinski definition) is 1. The number of fused-ring (bicyclic) bond motifs is 1. The molecule has 1 saturated heterocycles. The summed E-state index contributed by atoms with van der Waals surface area (Å²) in [6.07, 6.45) is 1.40. The molecule has 144 valence electrons. The predicted octanol–water partition coefficient (Wildman–Crippen LogP) is 1.32. The summed E-state index contributed by atoms with van der Waals surface area (Å²) >= 11 is 5.56. The molecule has 0 spiro atoms. The fourth-order valence-electron chi connectivity index (χ4n) is 3.18. The molecular formula is C17H24N2O5S2. The Morgan fingerprint density at radius 2 is 2.19 bits per heavy atom. The minimum absolute atomic E-state index is 0.0754. The fraction of sp³-hybridized carbons (Fsp3) is 0.588. The first-order valence-electron chi connectivity index (χ1n) is 8.61. The van der Waals surface area contributed by atoms with E-state index >= 15 is 0 Å². The molecule has 1 atom stereocenters. The van der Waals surface area contributed by atoms with Gasteiger partial charge in [0.2, 0.25) is 6.79 Å². The molecule has 0 bridgehead atoms. The van der Waals surface area contributed by atoms with Gasteiger partial charge in [-0.3, -0.25) is 0 Å². The summed E-state index contributed by atoms with van der Waals surface area (Å²) < 4.78 is 39.5. The first-order valence-corrected chi connectivity index (χ1v) is 10.8. The average molecular weight is 401 g/mol. The molecule has 9 heteroatoms. The van der Waals surface area contributed by atoms with Gasteiger partial charge in [0.1, 0.15) is 0 Å². The van der Waals surface area contributed by atoms with Crippen molar-refractivity contribution in [2.24, 2.45) is 0 Å². The van der Waals surface area contributed by atoms with Crippen LogP contribution in [0.25, 0.3) is 0 Å². The van der Waals surface area contributed by atoms with Crippen molar-refractivity contribution in [3.63, 3.8) is 0 Å². The molecular weight excluding hydrogens is 376 g/mol. The second-order valence-corrected chi connectivity index (χ2v) is 9.06. The van der Waals surface area contributed by atoms with Gasteiger partial charge in [-0.05, 0) is 42.8 Å². The zero-order valence-corrected chi connectivity index (χ0v) is 16.4. The van der Waals surface area contributed by atoms with Crippen LogP contribution in [0.4, 0.5) is 0 Å². The molecule has 1 aromatic rings. The van der Waals surface area contributed by atoms with Crippen LogP contribution in [0.1, 0.15) is 18.4 Å². The number of sulfone groups is 1. The molecule has 1 N–H and O–H groups in total. The van der Waals surface area contributed by atoms with Gasteiger partial charge >= 0.3 is 0 Å². The Kier molecular flexibility index (Phi) is 6.20. The van der Waals surface area contributed by atoms with Crippen LogP contribution in [-0.2, 0) is 21.1 Å². The number of nitrogens with zero attached hydrogens (tertiary/aromatic N) is 1. The zero-order valence-electron chi connectivity index (χ0n) is 14.8. The Labute approximate surface area is 159 Å². The molecule has 1 aromatic carbocycles. The van der Waals surface area contributed by atoms with Crippen molar-refractivity contribution < 1.29 is 22.6 Å². The van der Waals surface area contributed by atoms with Gasteiger partial charge in [-0.1, -0.05) is 6.07 Å². The van der Waals surface area contributed by atoms with Gasteiger partial charge in [0.15, 0.2) is 26.4 Å². The molecule has 0 aromatic heterocycles. The topological polar surface area (TPSA) is 77.1 Å². The van der Waals surface area contributed by atoms with E-state index in [2.05, 4.69) is 5.32 Å². The van der Waals surface area contributed by atoms with Crippen molar-refractivity contribution in [1.82, 2.24) is 10.2 Å². The van der Waals surface area contributed by atoms with E-state index in [1.807, 2.05) is 23.1 Å². The quantitative estimate of drug-likeness (QED) is 0.542. The maximum absolute atomic E-state index is 11.8. The fourth-order valence-corrected chi connectivity index (χ4v) is 5.22. The molecule has 3 rings (SSSR count). The maximum Gasteiger partial charge on any atom is 0.231 e. The lowest BCUT2D eigenvalue weighted by atomic mass is 10.2. The van der Waals surface area contributed by atoms with Gasteiger partial charge in [-0.15, -0.1) is 0 Å². The van der Waals surface area contributed by atoms with E-state index in [1.54, 1.807) is 7.11 Å². The SMILES string of the molecule is COCCCN(C(=S)NCc1ccc2c(c1)OCO2)[C@H]1CCS(=O)(=O)C1. The van der Waals surface area contributed by atoms with Crippen molar-refractivity contribution in [3.05, 3.63) is 23.8 Å². The summed E-state index contributed by atoms with van der Waals surface area (Å²) in [4.78, 5) is 1.99. The van der Waals surface area contributed by atoms with E-state index in [4.69, 9.17) is 26.4 Å². The Balaban J connectivity index is 1.61. The lowest BCUT2D eigenvalue weighted by Crippen LogP contribution is -2.47. The van der Waals surface area contributed by atoms with Crippen LogP contribution in [0.2, 0.25) is 0 Å². The Bertz CT molecular complexity index is 754. The molecule has 0 saturated carbocycles. The van der Waals surface area contributed by atoms with Crippen molar-refractivity contribution in [3.8, 4) is 11.5 Å². The van der Waals surface area contributed by atoms with Crippen LogP contribution in [0, 0.1) is 0 Å². The first-order chi connectivity index (χ1) is 12.5. The number of methoxy groups -OCH3 is 1. The lowest BCUT2D eigenvalue weighted by molar-refractivity contribution is 0.174. The highest BCUT2D eigenvalue weighted by Gasteiger charge is 2.33. The number of hydrogen-bond acceptors (Lipinski definition) is 6. The molecule has 0 unspecified atom stereocenters. The summed E-state index contributed by atoms with van der Waals surface area (Å²) in [5, 5.41) is 3.82. The van der Waals surface area contributed by atoms with Gasteiger partial charge in [0.05, 0.1) is 11.5 Å². The normalized spacial score (nSPS) is 20.1. The Hall–Kier alpha value is -1.58. The van der Waals surface area contributed by atoms with Crippen molar-refractivity contribution >= 4 is 27.2 Å². The molecule has 2 aliphatic rings. The molecule has 1 fully saturated rings. The number of benzene rings is 1. The van der Waals surface area contributed by atoms with Gasteiger partial charge in [-0.2, -0.15) is 0 Å². The highest BCUT2D eigenvalue weighted by molar-refractivity contribution is 7.91. The zero-order chi connectivity index (χ0) is 18.6. The second kappa shape index (κ2) is 8.41. The van der Waals surface area contributed by atoms with Crippen molar-refractivity contribution in [2.75, 3.05) is 38.6 Å². The Morgan fingerprint density at radius 1 is 1.38 bits per heavy atom. The summed E-state index contributed by atoms with van der Waals surface area (Å²) in [5.41, 5.74) is 1.02. The first kappa shape index (κ1) is 19.2. The number of nitrogens with one attached hydrogen (secondary N) is 1. The van der Waals surface area contributed by atoms with Crippen LogP contribution in [0.3, 0.4) is 0 Å². The third-order valence-electron chi connectivity index (χ3n) is 4.54. The Morgan fingerprint density at radius 3 is 2.92 bits per heavy atom. The number of thiocarbonyl (C=S) groups is 1. The monoisotopic (exact) mass is 400 g/mol. The minimum atomic E-state index is -2.97. The second-order valence-electron chi connectivity index (χ2n) is 6.44. The van der Waals surface area contributed by atoms with Gasteiger partial charge in [0.25, 0.3) is 0 Å². The summed E-state index contributed by atoms with van der Waals surface area (Å²) in [7, 11) is -1.32. The standard InChI is InChI=1S/C17H24N2O5S2/c1-22-7-2-6-19(14-5-8-26(20,21)11-14)17(25)18-10-13-3-4-15-16(9-13)24-12-23-15/h3-4,9,14H,2,5-8,10-12H2,1H3,(H,18,25)/t14-/m0/s1. The smallest absolute Gasteiger partial charge is 0.231 e. The molecule has 0 radical (unpaired) electrons. The van der Waals surface area contributed by atoms with Gasteiger partial charge in [-0.25, -0.2) is 8.42 Å². The van der Waals surface area contributed by atoms with E-state index in [1.165, 1.54) is 0 Å². The highest BCUT2D eigenvalue weighted by Crippen LogP contribution is 2.32. The third kappa shape index (κ3) is 4.77. The third-order valence-corrected chi connectivity index (χ3v) is 6.67. The molecule has 26 heavy (non-hydrogen) atoms. The average Bonchev–Trinajstić information content (AvgIpc) is 3.22. The van der Waals surface area contributed by atoms with Crippen LogP contribution >= 0.6 is 12.2 Å². The number of rotatable bonds is 7. The largest absolute Gasteiger partial charge is 0.454 e. The van der Waals surface area contributed by atoms with E-state index < -0.39 is 9.84 Å². The highest BCUT2D eigenvalue weighted by atomic mass is 32.2. The summed E-state index contributed by atoms with van der Waals surface area (Å²) in [5.74, 6) is 1.86. The van der Waals surface area contributed by atoms with E-state index in [-0.39, 0.29) is 24.3 Å². The van der Waals surface area contributed by atoms with E-state index in [9.17, 15) is 8.42 Å².